The van der Waals surface area contributed by atoms with Gasteiger partial charge in [-0.15, -0.1) is 0 Å². The van der Waals surface area contributed by atoms with E-state index in [1.807, 2.05) is 19.9 Å². The van der Waals surface area contributed by atoms with Crippen LogP contribution in [0.5, 0.6) is 0 Å². The predicted molar refractivity (Wildman–Crippen MR) is 54.1 cm³/mol. The van der Waals surface area contributed by atoms with Gasteiger partial charge in [0.15, 0.2) is 0 Å². The Balaban J connectivity index is 2.46. The van der Waals surface area contributed by atoms with E-state index in [-0.39, 0.29) is 12.1 Å². The molecule has 1 N–H and O–H groups in total. The van der Waals surface area contributed by atoms with E-state index in [1.54, 1.807) is 17.3 Å². The third-order valence-electron chi connectivity index (χ3n) is 2.30. The number of hydrogen-bond donors (Lipinski definition) is 1. The lowest BCUT2D eigenvalue weighted by atomic mass is 10.1. The van der Waals surface area contributed by atoms with Gasteiger partial charge in [0.1, 0.15) is 0 Å². The molecule has 0 aliphatic carbocycles. The van der Waals surface area contributed by atoms with E-state index in [0.717, 1.165) is 11.3 Å². The van der Waals surface area contributed by atoms with Crippen LogP contribution < -0.4 is 10.2 Å². The molecular formula is C10H13N3O. The molecule has 0 saturated carbocycles. The summed E-state index contributed by atoms with van der Waals surface area (Å²) in [6.07, 6.45) is 3.51. The van der Waals surface area contributed by atoms with E-state index in [2.05, 4.69) is 10.3 Å². The largest absolute Gasteiger partial charge is 0.333 e. The first-order valence-electron chi connectivity index (χ1n) is 4.70. The van der Waals surface area contributed by atoms with E-state index in [4.69, 9.17) is 0 Å². The molecule has 0 saturated heterocycles. The van der Waals surface area contributed by atoms with Crippen molar-refractivity contribution < 1.29 is 4.79 Å². The van der Waals surface area contributed by atoms with Crippen molar-refractivity contribution in [2.24, 2.45) is 0 Å². The number of hydrogen-bond acceptors (Lipinski definition) is 2. The number of anilines is 1. The molecule has 0 fully saturated rings. The lowest BCUT2D eigenvalue weighted by Gasteiger charge is -2.32. The van der Waals surface area contributed by atoms with E-state index >= 15 is 0 Å². The fraction of sp³-hybridized carbons (Fsp3) is 0.400. The monoisotopic (exact) mass is 191 g/mol. The highest BCUT2D eigenvalue weighted by atomic mass is 16.2. The Morgan fingerprint density at radius 1 is 1.57 bits per heavy atom. The van der Waals surface area contributed by atoms with E-state index in [1.165, 1.54) is 0 Å². The first kappa shape index (κ1) is 8.99. The van der Waals surface area contributed by atoms with Crippen LogP contribution in [0.15, 0.2) is 18.5 Å². The lowest BCUT2D eigenvalue weighted by Crippen LogP contribution is -2.47. The van der Waals surface area contributed by atoms with Crippen LogP contribution in [0.3, 0.4) is 0 Å². The maximum absolute atomic E-state index is 11.6. The smallest absolute Gasteiger partial charge is 0.322 e. The van der Waals surface area contributed by atoms with Crippen molar-refractivity contribution in [3.63, 3.8) is 0 Å². The fourth-order valence-electron chi connectivity index (χ4n) is 1.67. The third kappa shape index (κ3) is 1.32. The second-order valence-electron chi connectivity index (χ2n) is 3.63. The van der Waals surface area contributed by atoms with Gasteiger partial charge in [0, 0.05) is 30.5 Å². The van der Waals surface area contributed by atoms with Gasteiger partial charge in [-0.05, 0) is 19.9 Å². The van der Waals surface area contributed by atoms with Gasteiger partial charge in [0.2, 0.25) is 0 Å². The second-order valence-corrected chi connectivity index (χ2v) is 3.63. The van der Waals surface area contributed by atoms with Crippen LogP contribution in [0.25, 0.3) is 0 Å². The zero-order chi connectivity index (χ0) is 10.1. The van der Waals surface area contributed by atoms with Gasteiger partial charge in [-0.2, -0.15) is 0 Å². The van der Waals surface area contributed by atoms with Crippen molar-refractivity contribution in [1.29, 1.82) is 0 Å². The Kier molecular flexibility index (Phi) is 2.11. The summed E-state index contributed by atoms with van der Waals surface area (Å²) in [4.78, 5) is 17.4. The van der Waals surface area contributed by atoms with Crippen molar-refractivity contribution in [3.05, 3.63) is 24.0 Å². The number of fused-ring (bicyclic) bond motifs is 1. The Labute approximate surface area is 82.9 Å². The van der Waals surface area contributed by atoms with Gasteiger partial charge in [-0.3, -0.25) is 9.88 Å². The van der Waals surface area contributed by atoms with Crippen LogP contribution in [-0.4, -0.2) is 17.1 Å². The highest BCUT2D eigenvalue weighted by Gasteiger charge is 2.25. The number of nitrogens with one attached hydrogen (secondary N) is 1. The average Bonchev–Trinajstić information content (AvgIpc) is 2.17. The minimum atomic E-state index is -0.0290. The van der Waals surface area contributed by atoms with Crippen LogP contribution in [0.4, 0.5) is 10.5 Å². The number of carbonyl (C=O) groups excluding carboxylic acids is 1. The molecule has 4 heteroatoms. The first-order chi connectivity index (χ1) is 6.70. The Morgan fingerprint density at radius 2 is 2.36 bits per heavy atom. The summed E-state index contributed by atoms with van der Waals surface area (Å²) in [5, 5.41) is 2.82. The van der Waals surface area contributed by atoms with Crippen molar-refractivity contribution in [2.75, 3.05) is 4.90 Å². The molecule has 0 spiro atoms. The van der Waals surface area contributed by atoms with Crippen molar-refractivity contribution in [2.45, 2.75) is 26.4 Å². The van der Waals surface area contributed by atoms with Gasteiger partial charge < -0.3 is 5.32 Å². The summed E-state index contributed by atoms with van der Waals surface area (Å²) in [5.74, 6) is 0. The molecule has 2 rings (SSSR count). The molecule has 1 aliphatic heterocycles. The molecule has 1 aromatic heterocycles. The molecule has 74 valence electrons. The maximum Gasteiger partial charge on any atom is 0.322 e. The number of amides is 2. The van der Waals surface area contributed by atoms with Crippen molar-refractivity contribution in [3.8, 4) is 0 Å². The fourth-order valence-corrected chi connectivity index (χ4v) is 1.67. The Morgan fingerprint density at radius 3 is 3.07 bits per heavy atom. The molecule has 0 aromatic carbocycles. The average molecular weight is 191 g/mol. The van der Waals surface area contributed by atoms with Crippen molar-refractivity contribution in [1.82, 2.24) is 10.3 Å². The first-order valence-corrected chi connectivity index (χ1v) is 4.70. The topological polar surface area (TPSA) is 45.2 Å². The minimum absolute atomic E-state index is 0.0290. The van der Waals surface area contributed by atoms with Crippen LogP contribution in [-0.2, 0) is 6.54 Å². The quantitative estimate of drug-likeness (QED) is 0.731. The van der Waals surface area contributed by atoms with Gasteiger partial charge in [0.25, 0.3) is 0 Å². The van der Waals surface area contributed by atoms with Crippen molar-refractivity contribution >= 4 is 11.7 Å². The molecule has 0 bridgehead atoms. The van der Waals surface area contributed by atoms with E-state index in [0.29, 0.717) is 6.54 Å². The standard InChI is InChI=1S/C10H13N3O/c1-7(2)13-9-3-4-11-5-8(9)6-12-10(13)14/h3-5,7H,6H2,1-2H3,(H,12,14). The highest BCUT2D eigenvalue weighted by molar-refractivity contribution is 5.95. The molecule has 4 nitrogen and oxygen atoms in total. The molecule has 1 aromatic rings. The molecule has 1 aliphatic rings. The van der Waals surface area contributed by atoms with Gasteiger partial charge in [0.05, 0.1) is 5.69 Å². The zero-order valence-corrected chi connectivity index (χ0v) is 8.32. The van der Waals surface area contributed by atoms with Gasteiger partial charge >= 0.3 is 6.03 Å². The number of aromatic nitrogens is 1. The summed E-state index contributed by atoms with van der Waals surface area (Å²) < 4.78 is 0. The minimum Gasteiger partial charge on any atom is -0.333 e. The summed E-state index contributed by atoms with van der Waals surface area (Å²) in [6, 6.07) is 2.02. The number of pyridine rings is 1. The zero-order valence-electron chi connectivity index (χ0n) is 8.32. The maximum atomic E-state index is 11.6. The number of urea groups is 1. The van der Waals surface area contributed by atoms with Gasteiger partial charge in [-0.25, -0.2) is 4.79 Å². The third-order valence-corrected chi connectivity index (χ3v) is 2.30. The Bertz CT molecular complexity index is 362. The lowest BCUT2D eigenvalue weighted by molar-refractivity contribution is 0.243. The molecule has 0 atom stereocenters. The SMILES string of the molecule is CC(C)N1C(=O)NCc2cnccc21. The van der Waals surface area contributed by atoms with Crippen LogP contribution >= 0.6 is 0 Å². The van der Waals surface area contributed by atoms with Crippen LogP contribution in [0.2, 0.25) is 0 Å². The van der Waals surface area contributed by atoms with E-state index in [9.17, 15) is 4.79 Å². The molecule has 14 heavy (non-hydrogen) atoms. The molecule has 0 unspecified atom stereocenters. The van der Waals surface area contributed by atoms with Crippen LogP contribution in [0.1, 0.15) is 19.4 Å². The predicted octanol–water partition coefficient (Wildman–Crippen LogP) is 1.52. The number of nitrogens with zero attached hydrogens (tertiary/aromatic N) is 2. The van der Waals surface area contributed by atoms with Crippen LogP contribution in [0, 0.1) is 0 Å². The highest BCUT2D eigenvalue weighted by Crippen LogP contribution is 2.24. The summed E-state index contributed by atoms with van der Waals surface area (Å²) in [5.41, 5.74) is 2.04. The number of rotatable bonds is 1. The summed E-state index contributed by atoms with van der Waals surface area (Å²) in [6.45, 7) is 4.56. The summed E-state index contributed by atoms with van der Waals surface area (Å²) >= 11 is 0. The van der Waals surface area contributed by atoms with Gasteiger partial charge in [-0.1, -0.05) is 0 Å². The molecule has 0 radical (unpaired) electrons. The molecular weight excluding hydrogens is 178 g/mol. The van der Waals surface area contributed by atoms with E-state index < -0.39 is 0 Å². The summed E-state index contributed by atoms with van der Waals surface area (Å²) in [7, 11) is 0. The number of carbonyl (C=O) groups is 1. The molecule has 2 heterocycles. The second kappa shape index (κ2) is 3.29. The molecule has 2 amide bonds. The Hall–Kier alpha value is -1.58. The normalized spacial score (nSPS) is 15.4.